The Kier molecular flexibility index (Phi) is 4.26. The first-order valence-corrected chi connectivity index (χ1v) is 7.14. The predicted molar refractivity (Wildman–Crippen MR) is 75.6 cm³/mol. The molecule has 1 aromatic rings. The highest BCUT2D eigenvalue weighted by Gasteiger charge is 2.41. The van der Waals surface area contributed by atoms with Gasteiger partial charge in [0.1, 0.15) is 5.82 Å². The predicted octanol–water partition coefficient (Wildman–Crippen LogP) is 3.39. The molecule has 106 valence electrons. The minimum atomic E-state index is -0.193. The van der Waals surface area contributed by atoms with Crippen molar-refractivity contribution in [2.75, 3.05) is 13.2 Å². The fourth-order valence-corrected chi connectivity index (χ4v) is 2.89. The van der Waals surface area contributed by atoms with E-state index in [4.69, 9.17) is 10.5 Å². The highest BCUT2D eigenvalue weighted by Crippen LogP contribution is 2.42. The van der Waals surface area contributed by atoms with Crippen LogP contribution in [0.3, 0.4) is 0 Å². The maximum absolute atomic E-state index is 13.1. The fraction of sp³-hybridized carbons (Fsp3) is 0.625. The van der Waals surface area contributed by atoms with Crippen molar-refractivity contribution < 1.29 is 9.13 Å². The zero-order valence-corrected chi connectivity index (χ0v) is 11.9. The number of hydrogen-bond donors (Lipinski definition) is 1. The molecule has 1 saturated heterocycles. The zero-order valence-electron chi connectivity index (χ0n) is 11.9. The van der Waals surface area contributed by atoms with E-state index in [9.17, 15) is 4.39 Å². The summed E-state index contributed by atoms with van der Waals surface area (Å²) in [4.78, 5) is 0. The van der Waals surface area contributed by atoms with E-state index in [2.05, 4.69) is 13.8 Å². The van der Waals surface area contributed by atoms with Gasteiger partial charge in [0.05, 0.1) is 12.2 Å². The van der Waals surface area contributed by atoms with Crippen molar-refractivity contribution in [2.45, 2.75) is 50.5 Å². The van der Waals surface area contributed by atoms with Gasteiger partial charge < -0.3 is 10.5 Å². The van der Waals surface area contributed by atoms with Crippen LogP contribution in [0.25, 0.3) is 0 Å². The fourth-order valence-electron chi connectivity index (χ4n) is 2.89. The quantitative estimate of drug-likeness (QED) is 0.905. The molecule has 0 saturated carbocycles. The molecular weight excluding hydrogens is 241 g/mol. The first kappa shape index (κ1) is 14.5. The average Bonchev–Trinajstić information content (AvgIpc) is 2.43. The van der Waals surface area contributed by atoms with Crippen LogP contribution in [0.4, 0.5) is 4.39 Å². The lowest BCUT2D eigenvalue weighted by Crippen LogP contribution is -2.46. The number of rotatable bonds is 4. The van der Waals surface area contributed by atoms with Crippen molar-refractivity contribution in [3.63, 3.8) is 0 Å². The second-order valence-corrected chi connectivity index (χ2v) is 5.92. The van der Waals surface area contributed by atoms with E-state index in [0.717, 1.165) is 31.2 Å². The topological polar surface area (TPSA) is 35.2 Å². The molecule has 0 amide bonds. The van der Waals surface area contributed by atoms with Crippen LogP contribution in [0.15, 0.2) is 24.3 Å². The number of benzene rings is 1. The van der Waals surface area contributed by atoms with Gasteiger partial charge in [-0.1, -0.05) is 19.1 Å². The standard InChI is InChI=1S/C16H24FNO/c1-3-15(2)8-9-16(10-11-18,12-19-15)13-4-6-14(17)7-5-13/h4-7H,3,8-12,18H2,1-2H3/t15-,16+/m1/s1. The third kappa shape index (κ3) is 2.98. The molecule has 2 N–H and O–H groups in total. The van der Waals surface area contributed by atoms with Gasteiger partial charge in [0.25, 0.3) is 0 Å². The van der Waals surface area contributed by atoms with Crippen molar-refractivity contribution in [3.05, 3.63) is 35.6 Å². The highest BCUT2D eigenvalue weighted by atomic mass is 19.1. The smallest absolute Gasteiger partial charge is 0.123 e. The molecule has 0 bridgehead atoms. The van der Waals surface area contributed by atoms with Crippen molar-refractivity contribution >= 4 is 0 Å². The average molecular weight is 265 g/mol. The van der Waals surface area contributed by atoms with Crippen LogP contribution >= 0.6 is 0 Å². The Balaban J connectivity index is 2.23. The lowest BCUT2D eigenvalue weighted by molar-refractivity contribution is -0.103. The molecular formula is C16H24FNO. The first-order valence-electron chi connectivity index (χ1n) is 7.14. The summed E-state index contributed by atoms with van der Waals surface area (Å²) >= 11 is 0. The van der Waals surface area contributed by atoms with E-state index < -0.39 is 0 Å². The van der Waals surface area contributed by atoms with E-state index in [1.165, 1.54) is 12.1 Å². The molecule has 2 atom stereocenters. The maximum atomic E-state index is 13.1. The Labute approximate surface area is 115 Å². The summed E-state index contributed by atoms with van der Waals surface area (Å²) in [6, 6.07) is 6.81. The third-order valence-electron chi connectivity index (χ3n) is 4.66. The van der Waals surface area contributed by atoms with Crippen LogP contribution < -0.4 is 5.73 Å². The number of hydrogen-bond acceptors (Lipinski definition) is 2. The van der Waals surface area contributed by atoms with Crippen LogP contribution in [-0.2, 0) is 10.2 Å². The van der Waals surface area contributed by atoms with E-state index >= 15 is 0 Å². The van der Waals surface area contributed by atoms with E-state index in [0.29, 0.717) is 13.2 Å². The Morgan fingerprint density at radius 1 is 1.26 bits per heavy atom. The Bertz CT molecular complexity index is 407. The van der Waals surface area contributed by atoms with Gasteiger partial charge in [0.15, 0.2) is 0 Å². The van der Waals surface area contributed by atoms with Gasteiger partial charge in [0.2, 0.25) is 0 Å². The molecule has 1 fully saturated rings. The maximum Gasteiger partial charge on any atom is 0.123 e. The molecule has 0 aromatic heterocycles. The Morgan fingerprint density at radius 3 is 2.42 bits per heavy atom. The van der Waals surface area contributed by atoms with Gasteiger partial charge in [-0.15, -0.1) is 0 Å². The second-order valence-electron chi connectivity index (χ2n) is 5.92. The summed E-state index contributed by atoms with van der Waals surface area (Å²) in [6.07, 6.45) is 3.99. The summed E-state index contributed by atoms with van der Waals surface area (Å²) in [5, 5.41) is 0. The monoisotopic (exact) mass is 265 g/mol. The Hall–Kier alpha value is -0.930. The molecule has 1 aromatic carbocycles. The zero-order chi connectivity index (χ0) is 13.9. The number of nitrogens with two attached hydrogens (primary N) is 1. The van der Waals surface area contributed by atoms with Crippen LogP contribution in [0.1, 0.15) is 45.1 Å². The third-order valence-corrected chi connectivity index (χ3v) is 4.66. The number of halogens is 1. The van der Waals surface area contributed by atoms with Gasteiger partial charge in [-0.3, -0.25) is 0 Å². The van der Waals surface area contributed by atoms with Gasteiger partial charge >= 0.3 is 0 Å². The van der Waals surface area contributed by atoms with E-state index in [1.54, 1.807) is 0 Å². The van der Waals surface area contributed by atoms with Crippen LogP contribution in [0.2, 0.25) is 0 Å². The summed E-state index contributed by atoms with van der Waals surface area (Å²) in [7, 11) is 0. The minimum Gasteiger partial charge on any atom is -0.374 e. The highest BCUT2D eigenvalue weighted by molar-refractivity contribution is 5.27. The minimum absolute atomic E-state index is 0.0157. The van der Waals surface area contributed by atoms with Crippen molar-refractivity contribution in [3.8, 4) is 0 Å². The Morgan fingerprint density at radius 2 is 1.95 bits per heavy atom. The molecule has 1 aliphatic heterocycles. The van der Waals surface area contributed by atoms with Crippen LogP contribution in [0.5, 0.6) is 0 Å². The van der Waals surface area contributed by atoms with Crippen molar-refractivity contribution in [1.29, 1.82) is 0 Å². The molecule has 1 aliphatic rings. The van der Waals surface area contributed by atoms with Gasteiger partial charge in [0, 0.05) is 5.41 Å². The lowest BCUT2D eigenvalue weighted by atomic mass is 9.70. The molecule has 2 rings (SSSR count). The second kappa shape index (κ2) is 5.59. The van der Waals surface area contributed by atoms with Gasteiger partial charge in [-0.25, -0.2) is 4.39 Å². The molecule has 0 radical (unpaired) electrons. The molecule has 0 aliphatic carbocycles. The molecule has 0 unspecified atom stereocenters. The lowest BCUT2D eigenvalue weighted by Gasteiger charge is -2.45. The summed E-state index contributed by atoms with van der Waals surface area (Å²) in [5.74, 6) is -0.193. The number of ether oxygens (including phenoxy) is 1. The first-order chi connectivity index (χ1) is 9.03. The molecule has 1 heterocycles. The largest absolute Gasteiger partial charge is 0.374 e. The van der Waals surface area contributed by atoms with Crippen LogP contribution in [-0.4, -0.2) is 18.8 Å². The van der Waals surface area contributed by atoms with Crippen molar-refractivity contribution in [2.24, 2.45) is 5.73 Å². The molecule has 2 nitrogen and oxygen atoms in total. The normalized spacial score (nSPS) is 31.4. The van der Waals surface area contributed by atoms with Crippen LogP contribution in [0, 0.1) is 5.82 Å². The van der Waals surface area contributed by atoms with Gasteiger partial charge in [-0.2, -0.15) is 0 Å². The summed E-state index contributed by atoms with van der Waals surface area (Å²) < 4.78 is 19.2. The van der Waals surface area contributed by atoms with E-state index in [-0.39, 0.29) is 16.8 Å². The summed E-state index contributed by atoms with van der Waals surface area (Å²) in [5.41, 5.74) is 6.87. The molecule has 0 spiro atoms. The van der Waals surface area contributed by atoms with Crippen molar-refractivity contribution in [1.82, 2.24) is 0 Å². The summed E-state index contributed by atoms with van der Waals surface area (Å²) in [6.45, 7) is 5.64. The molecule has 19 heavy (non-hydrogen) atoms. The SMILES string of the molecule is CC[C@]1(C)CC[C@@](CCN)(c2ccc(F)cc2)CO1. The van der Waals surface area contributed by atoms with E-state index in [1.807, 2.05) is 12.1 Å². The van der Waals surface area contributed by atoms with Gasteiger partial charge in [-0.05, 0) is 56.8 Å². The molecule has 3 heteroatoms.